The van der Waals surface area contributed by atoms with Crippen LogP contribution in [0.5, 0.6) is 0 Å². The minimum Gasteiger partial charge on any atom is -0.480 e. The summed E-state index contributed by atoms with van der Waals surface area (Å²) in [7, 11) is 0. The molecule has 0 aromatic carbocycles. The standard InChI is InChI=1S/C12H21NO3/c1-2-11(12(14)15)13(9-3-4-9)10-5-7-16-8-6-10/h9-11H,2-8H2,1H3,(H,14,15)/t11-/m1/s1. The van der Waals surface area contributed by atoms with Crippen molar-refractivity contribution in [2.75, 3.05) is 13.2 Å². The predicted octanol–water partition coefficient (Wildman–Crippen LogP) is 1.49. The molecule has 0 spiro atoms. The molecule has 1 N–H and O–H groups in total. The summed E-state index contributed by atoms with van der Waals surface area (Å²) in [5.74, 6) is -0.666. The molecule has 92 valence electrons. The van der Waals surface area contributed by atoms with Crippen molar-refractivity contribution in [1.29, 1.82) is 0 Å². The van der Waals surface area contributed by atoms with Crippen LogP contribution in [0, 0.1) is 0 Å². The van der Waals surface area contributed by atoms with Crippen LogP contribution in [0.15, 0.2) is 0 Å². The Bertz CT molecular complexity index is 247. The monoisotopic (exact) mass is 227 g/mol. The summed E-state index contributed by atoms with van der Waals surface area (Å²) in [6.07, 6.45) is 5.01. The molecule has 4 nitrogen and oxygen atoms in total. The molecular weight excluding hydrogens is 206 g/mol. The van der Waals surface area contributed by atoms with Crippen molar-refractivity contribution in [3.63, 3.8) is 0 Å². The molecule has 0 amide bonds. The first-order valence-electron chi connectivity index (χ1n) is 6.32. The van der Waals surface area contributed by atoms with E-state index in [0.717, 1.165) is 26.1 Å². The molecule has 1 saturated carbocycles. The van der Waals surface area contributed by atoms with Crippen molar-refractivity contribution < 1.29 is 14.6 Å². The highest BCUT2D eigenvalue weighted by Crippen LogP contribution is 2.34. The van der Waals surface area contributed by atoms with Crippen LogP contribution in [0.4, 0.5) is 0 Å². The largest absolute Gasteiger partial charge is 0.480 e. The Morgan fingerprint density at radius 2 is 1.88 bits per heavy atom. The molecule has 0 bridgehead atoms. The third-order valence-corrected chi connectivity index (χ3v) is 3.61. The van der Waals surface area contributed by atoms with Crippen molar-refractivity contribution in [2.24, 2.45) is 0 Å². The first-order chi connectivity index (χ1) is 7.74. The summed E-state index contributed by atoms with van der Waals surface area (Å²) in [6.45, 7) is 3.53. The summed E-state index contributed by atoms with van der Waals surface area (Å²) in [6, 6.07) is 0.641. The van der Waals surface area contributed by atoms with Crippen LogP contribution >= 0.6 is 0 Å². The lowest BCUT2D eigenvalue weighted by Gasteiger charge is -2.38. The second kappa shape index (κ2) is 5.15. The fourth-order valence-corrected chi connectivity index (χ4v) is 2.68. The Labute approximate surface area is 96.6 Å². The van der Waals surface area contributed by atoms with E-state index in [0.29, 0.717) is 18.5 Å². The summed E-state index contributed by atoms with van der Waals surface area (Å²) in [5.41, 5.74) is 0. The van der Waals surface area contributed by atoms with Crippen molar-refractivity contribution in [3.05, 3.63) is 0 Å². The van der Waals surface area contributed by atoms with Crippen molar-refractivity contribution in [1.82, 2.24) is 4.90 Å². The Morgan fingerprint density at radius 1 is 1.31 bits per heavy atom. The average Bonchev–Trinajstić information content (AvgIpc) is 3.10. The maximum Gasteiger partial charge on any atom is 0.320 e. The van der Waals surface area contributed by atoms with Gasteiger partial charge in [0.1, 0.15) is 6.04 Å². The zero-order valence-electron chi connectivity index (χ0n) is 9.89. The Morgan fingerprint density at radius 3 is 2.31 bits per heavy atom. The van der Waals surface area contributed by atoms with E-state index in [1.807, 2.05) is 6.92 Å². The SMILES string of the molecule is CC[C@H](C(=O)O)N(C1CCOCC1)C1CC1. The minimum atomic E-state index is -0.666. The molecule has 1 saturated heterocycles. The molecule has 1 aliphatic heterocycles. The van der Waals surface area contributed by atoms with Crippen LogP contribution in [0.3, 0.4) is 0 Å². The third kappa shape index (κ3) is 2.55. The quantitative estimate of drug-likeness (QED) is 0.773. The van der Waals surface area contributed by atoms with Gasteiger partial charge in [0, 0.05) is 25.3 Å². The van der Waals surface area contributed by atoms with Gasteiger partial charge in [0.2, 0.25) is 0 Å². The number of aliphatic carboxylic acids is 1. The van der Waals surface area contributed by atoms with E-state index in [2.05, 4.69) is 4.90 Å². The van der Waals surface area contributed by atoms with E-state index >= 15 is 0 Å². The fraction of sp³-hybridized carbons (Fsp3) is 0.917. The normalized spacial score (nSPS) is 24.6. The minimum absolute atomic E-state index is 0.296. The molecule has 16 heavy (non-hydrogen) atoms. The number of nitrogens with zero attached hydrogens (tertiary/aromatic N) is 1. The van der Waals surface area contributed by atoms with Crippen LogP contribution in [-0.4, -0.2) is 47.3 Å². The first-order valence-corrected chi connectivity index (χ1v) is 6.32. The molecule has 0 aromatic rings. The zero-order chi connectivity index (χ0) is 11.5. The topological polar surface area (TPSA) is 49.8 Å². The second-order valence-corrected chi connectivity index (χ2v) is 4.78. The van der Waals surface area contributed by atoms with Gasteiger partial charge in [-0.25, -0.2) is 0 Å². The zero-order valence-corrected chi connectivity index (χ0v) is 9.89. The van der Waals surface area contributed by atoms with Crippen molar-refractivity contribution in [2.45, 2.75) is 57.2 Å². The number of hydrogen-bond donors (Lipinski definition) is 1. The van der Waals surface area contributed by atoms with E-state index in [-0.39, 0.29) is 6.04 Å². The summed E-state index contributed by atoms with van der Waals surface area (Å²) >= 11 is 0. The van der Waals surface area contributed by atoms with Gasteiger partial charge >= 0.3 is 5.97 Å². The van der Waals surface area contributed by atoms with E-state index in [1.165, 1.54) is 12.8 Å². The highest BCUT2D eigenvalue weighted by atomic mass is 16.5. The molecule has 1 heterocycles. The van der Waals surface area contributed by atoms with E-state index in [4.69, 9.17) is 4.74 Å². The molecule has 1 aliphatic carbocycles. The number of carbonyl (C=O) groups is 1. The van der Waals surface area contributed by atoms with Crippen molar-refractivity contribution >= 4 is 5.97 Å². The number of rotatable bonds is 5. The van der Waals surface area contributed by atoms with E-state index < -0.39 is 5.97 Å². The number of ether oxygens (including phenoxy) is 1. The number of carboxylic acid groups (broad SMARTS) is 1. The molecule has 0 radical (unpaired) electrons. The molecule has 1 atom stereocenters. The highest BCUT2D eigenvalue weighted by Gasteiger charge is 2.40. The van der Waals surface area contributed by atoms with Crippen LogP contribution in [-0.2, 0) is 9.53 Å². The smallest absolute Gasteiger partial charge is 0.320 e. The lowest BCUT2D eigenvalue weighted by molar-refractivity contribution is -0.145. The fourth-order valence-electron chi connectivity index (χ4n) is 2.68. The van der Waals surface area contributed by atoms with Crippen molar-refractivity contribution in [3.8, 4) is 0 Å². The third-order valence-electron chi connectivity index (χ3n) is 3.61. The maximum atomic E-state index is 11.3. The molecule has 0 aromatic heterocycles. The molecule has 2 rings (SSSR count). The van der Waals surface area contributed by atoms with Gasteiger partial charge < -0.3 is 9.84 Å². The molecule has 4 heteroatoms. The number of carboxylic acids is 1. The van der Waals surface area contributed by atoms with Gasteiger partial charge in [-0.1, -0.05) is 6.92 Å². The second-order valence-electron chi connectivity index (χ2n) is 4.78. The van der Waals surface area contributed by atoms with Crippen LogP contribution in [0.2, 0.25) is 0 Å². The predicted molar refractivity (Wildman–Crippen MR) is 60.4 cm³/mol. The Hall–Kier alpha value is -0.610. The van der Waals surface area contributed by atoms with Gasteiger partial charge in [-0.2, -0.15) is 0 Å². The summed E-state index contributed by atoms with van der Waals surface area (Å²) in [4.78, 5) is 13.5. The van der Waals surface area contributed by atoms with Gasteiger partial charge in [-0.15, -0.1) is 0 Å². The van der Waals surface area contributed by atoms with Gasteiger partial charge in [0.15, 0.2) is 0 Å². The lowest BCUT2D eigenvalue weighted by Crippen LogP contribution is -2.50. The summed E-state index contributed by atoms with van der Waals surface area (Å²) < 4.78 is 5.35. The average molecular weight is 227 g/mol. The van der Waals surface area contributed by atoms with Crippen LogP contribution in [0.1, 0.15) is 39.0 Å². The molecule has 2 aliphatic rings. The van der Waals surface area contributed by atoms with E-state index in [9.17, 15) is 9.90 Å². The first kappa shape index (κ1) is 11.9. The number of hydrogen-bond acceptors (Lipinski definition) is 3. The Balaban J connectivity index is 2.05. The lowest BCUT2D eigenvalue weighted by atomic mass is 10.0. The molecular formula is C12H21NO3. The van der Waals surface area contributed by atoms with Gasteiger partial charge in [-0.3, -0.25) is 9.69 Å². The maximum absolute atomic E-state index is 11.3. The van der Waals surface area contributed by atoms with Gasteiger partial charge in [0.25, 0.3) is 0 Å². The van der Waals surface area contributed by atoms with E-state index in [1.54, 1.807) is 0 Å². The van der Waals surface area contributed by atoms with Crippen LogP contribution in [0.25, 0.3) is 0 Å². The van der Waals surface area contributed by atoms with Crippen LogP contribution < -0.4 is 0 Å². The summed E-state index contributed by atoms with van der Waals surface area (Å²) in [5, 5.41) is 9.28. The van der Waals surface area contributed by atoms with Gasteiger partial charge in [-0.05, 0) is 32.1 Å². The Kier molecular flexibility index (Phi) is 3.82. The molecule has 2 fully saturated rings. The molecule has 0 unspecified atom stereocenters. The highest BCUT2D eigenvalue weighted by molar-refractivity contribution is 5.73. The van der Waals surface area contributed by atoms with Gasteiger partial charge in [0.05, 0.1) is 0 Å².